The second-order valence-electron chi connectivity index (χ2n) is 4.04. The van der Waals surface area contributed by atoms with Crippen LogP contribution in [0.2, 0.25) is 0 Å². The van der Waals surface area contributed by atoms with E-state index in [0.717, 1.165) is 0 Å². The lowest BCUT2D eigenvalue weighted by Crippen LogP contribution is -2.16. The van der Waals surface area contributed by atoms with Gasteiger partial charge in [-0.2, -0.15) is 0 Å². The summed E-state index contributed by atoms with van der Waals surface area (Å²) in [7, 11) is 0. The Hall–Kier alpha value is 0.820. The van der Waals surface area contributed by atoms with E-state index in [0.29, 0.717) is 9.49 Å². The van der Waals surface area contributed by atoms with E-state index in [9.17, 15) is 0 Å². The maximum Gasteiger partial charge on any atom is 0.0318 e. The van der Waals surface area contributed by atoms with Crippen LogP contribution in [-0.2, 0) is 0 Å². The molecule has 0 amide bonds. The highest BCUT2D eigenvalue weighted by Gasteiger charge is 2.35. The van der Waals surface area contributed by atoms with Gasteiger partial charge in [0.2, 0.25) is 0 Å². The maximum atomic E-state index is 2.37. The van der Waals surface area contributed by atoms with E-state index in [-0.39, 0.29) is 24.0 Å². The lowest BCUT2D eigenvalue weighted by Gasteiger charge is -2.23. The Kier molecular flexibility index (Phi) is 3.53. The molecule has 1 heterocycles. The predicted molar refractivity (Wildman–Crippen MR) is 64.9 cm³/mol. The third-order valence-corrected chi connectivity index (χ3v) is 3.51. The fourth-order valence-electron chi connectivity index (χ4n) is 1.46. The summed E-state index contributed by atoms with van der Waals surface area (Å²) in [5, 5.41) is 0. The number of thioether (sulfide) groups is 1. The first kappa shape index (κ1) is 11.8. The van der Waals surface area contributed by atoms with Gasteiger partial charge in [0.15, 0.2) is 0 Å². The molecule has 0 saturated heterocycles. The van der Waals surface area contributed by atoms with Crippen molar-refractivity contribution in [2.45, 2.75) is 44.1 Å². The summed E-state index contributed by atoms with van der Waals surface area (Å²) in [5.74, 6) is 0. The van der Waals surface area contributed by atoms with Crippen LogP contribution >= 0.6 is 35.7 Å². The highest BCUT2D eigenvalue weighted by molar-refractivity contribution is 14.0. The molecule has 0 unspecified atom stereocenters. The molecule has 11 heavy (non-hydrogen) atoms. The quantitative estimate of drug-likeness (QED) is 0.481. The molecule has 0 bridgehead atoms. The molecule has 0 aromatic carbocycles. The Morgan fingerprint density at radius 2 is 1.64 bits per heavy atom. The van der Waals surface area contributed by atoms with Crippen LogP contribution in [0.1, 0.15) is 34.6 Å². The van der Waals surface area contributed by atoms with E-state index in [4.69, 9.17) is 0 Å². The third-order valence-electron chi connectivity index (χ3n) is 2.03. The molecule has 0 spiro atoms. The van der Waals surface area contributed by atoms with Crippen molar-refractivity contribution >= 4 is 35.7 Å². The van der Waals surface area contributed by atoms with Crippen molar-refractivity contribution in [1.29, 1.82) is 0 Å². The number of hydrogen-bond acceptors (Lipinski definition) is 1. The van der Waals surface area contributed by atoms with Gasteiger partial charge < -0.3 is 0 Å². The minimum atomic E-state index is 0. The predicted octanol–water partition coefficient (Wildman–Crippen LogP) is 3.85. The summed E-state index contributed by atoms with van der Waals surface area (Å²) in [6.07, 6.45) is 2.37. The summed E-state index contributed by atoms with van der Waals surface area (Å²) in [5.41, 5.74) is 1.52. The second kappa shape index (κ2) is 3.29. The minimum Gasteiger partial charge on any atom is -0.141 e. The fraction of sp³-hybridized carbons (Fsp3) is 0.778. The highest BCUT2D eigenvalue weighted by Crippen LogP contribution is 2.48. The van der Waals surface area contributed by atoms with Gasteiger partial charge in [0.25, 0.3) is 0 Å². The molecule has 0 saturated carbocycles. The average molecular weight is 284 g/mol. The normalized spacial score (nSPS) is 25.7. The largest absolute Gasteiger partial charge is 0.141 e. The molecule has 66 valence electrons. The lowest BCUT2D eigenvalue weighted by atomic mass is 10.0. The summed E-state index contributed by atoms with van der Waals surface area (Å²) in [4.78, 5) is 0. The zero-order valence-corrected chi connectivity index (χ0v) is 11.0. The number of halogens is 1. The minimum absolute atomic E-state index is 0. The summed E-state index contributed by atoms with van der Waals surface area (Å²) >= 11 is 2.04. The maximum absolute atomic E-state index is 2.37. The van der Waals surface area contributed by atoms with E-state index in [1.165, 1.54) is 5.57 Å². The van der Waals surface area contributed by atoms with E-state index in [2.05, 4.69) is 40.7 Å². The molecule has 1 rings (SSSR count). The molecule has 0 atom stereocenters. The van der Waals surface area contributed by atoms with Gasteiger partial charge in [-0.3, -0.25) is 0 Å². The van der Waals surface area contributed by atoms with Crippen LogP contribution in [0.3, 0.4) is 0 Å². The van der Waals surface area contributed by atoms with Crippen molar-refractivity contribution < 1.29 is 0 Å². The first-order chi connectivity index (χ1) is 4.33. The lowest BCUT2D eigenvalue weighted by molar-refractivity contribution is 0.845. The van der Waals surface area contributed by atoms with E-state index >= 15 is 0 Å². The van der Waals surface area contributed by atoms with Crippen molar-refractivity contribution in [3.63, 3.8) is 0 Å². The SMILES string of the molecule is CC1=CC(C)(C)SC1(C)C.I. The smallest absolute Gasteiger partial charge is 0.0318 e. The molecular formula is C9H17IS. The van der Waals surface area contributed by atoms with Gasteiger partial charge in [-0.05, 0) is 34.6 Å². The van der Waals surface area contributed by atoms with Crippen molar-refractivity contribution in [2.24, 2.45) is 0 Å². The Bertz CT molecular complexity index is 180. The first-order valence-corrected chi connectivity index (χ1v) is 4.55. The molecule has 2 heteroatoms. The molecule has 0 nitrogen and oxygen atoms in total. The monoisotopic (exact) mass is 284 g/mol. The van der Waals surface area contributed by atoms with Crippen LogP contribution < -0.4 is 0 Å². The van der Waals surface area contributed by atoms with Crippen molar-refractivity contribution in [1.82, 2.24) is 0 Å². The molecule has 0 aromatic rings. The van der Waals surface area contributed by atoms with Crippen LogP contribution in [0, 0.1) is 0 Å². The molecular weight excluding hydrogens is 267 g/mol. The van der Waals surface area contributed by atoms with Gasteiger partial charge in [0, 0.05) is 9.49 Å². The second-order valence-corrected chi connectivity index (χ2v) is 6.32. The molecule has 1 aliphatic rings. The van der Waals surface area contributed by atoms with E-state index in [1.807, 2.05) is 11.8 Å². The van der Waals surface area contributed by atoms with E-state index < -0.39 is 0 Å². The van der Waals surface area contributed by atoms with Gasteiger partial charge in [0.1, 0.15) is 0 Å². The van der Waals surface area contributed by atoms with Gasteiger partial charge in [-0.15, -0.1) is 35.7 Å². The zero-order chi connectivity index (χ0) is 7.99. The Morgan fingerprint density at radius 3 is 1.73 bits per heavy atom. The number of hydrogen-bond donors (Lipinski definition) is 0. The van der Waals surface area contributed by atoms with Crippen LogP contribution in [-0.4, -0.2) is 9.49 Å². The van der Waals surface area contributed by atoms with E-state index in [1.54, 1.807) is 0 Å². The van der Waals surface area contributed by atoms with Gasteiger partial charge >= 0.3 is 0 Å². The molecule has 0 aromatic heterocycles. The van der Waals surface area contributed by atoms with Crippen molar-refractivity contribution in [2.75, 3.05) is 0 Å². The molecule has 0 radical (unpaired) electrons. The standard InChI is InChI=1S/C9H16S.HI/c1-7-6-8(2,3)10-9(7,4)5;/h6H,1-5H3;1H. The van der Waals surface area contributed by atoms with Gasteiger partial charge in [-0.1, -0.05) is 11.6 Å². The van der Waals surface area contributed by atoms with Gasteiger partial charge in [0.05, 0.1) is 0 Å². The Labute approximate surface area is 91.2 Å². The first-order valence-electron chi connectivity index (χ1n) is 3.74. The topological polar surface area (TPSA) is 0 Å². The Balaban J connectivity index is 0.000001000. The number of rotatable bonds is 0. The molecule has 0 fully saturated rings. The Morgan fingerprint density at radius 1 is 1.18 bits per heavy atom. The average Bonchev–Trinajstić information content (AvgIpc) is 1.73. The third kappa shape index (κ3) is 2.65. The summed E-state index contributed by atoms with van der Waals surface area (Å²) < 4.78 is 0.719. The van der Waals surface area contributed by atoms with Crippen molar-refractivity contribution in [3.8, 4) is 0 Å². The summed E-state index contributed by atoms with van der Waals surface area (Å²) in [6, 6.07) is 0. The van der Waals surface area contributed by atoms with Crippen molar-refractivity contribution in [3.05, 3.63) is 11.6 Å². The van der Waals surface area contributed by atoms with Crippen LogP contribution in [0.25, 0.3) is 0 Å². The molecule has 1 aliphatic heterocycles. The molecule has 0 aliphatic carbocycles. The van der Waals surface area contributed by atoms with Crippen LogP contribution in [0.4, 0.5) is 0 Å². The fourth-order valence-corrected chi connectivity index (χ4v) is 3.23. The zero-order valence-electron chi connectivity index (χ0n) is 7.89. The molecule has 0 N–H and O–H groups in total. The van der Waals surface area contributed by atoms with Gasteiger partial charge in [-0.25, -0.2) is 0 Å². The highest BCUT2D eigenvalue weighted by atomic mass is 127. The van der Waals surface area contributed by atoms with Crippen LogP contribution in [0.15, 0.2) is 11.6 Å². The summed E-state index contributed by atoms with van der Waals surface area (Å²) in [6.45, 7) is 11.4. The van der Waals surface area contributed by atoms with Crippen LogP contribution in [0.5, 0.6) is 0 Å².